The molecule has 0 unspecified atom stereocenters. The summed E-state index contributed by atoms with van der Waals surface area (Å²) in [6, 6.07) is 0. The summed E-state index contributed by atoms with van der Waals surface area (Å²) in [6.45, 7) is 6.77. The third kappa shape index (κ3) is 2.13. The van der Waals surface area contributed by atoms with Crippen LogP contribution in [0.25, 0.3) is 0 Å². The molecule has 14 heavy (non-hydrogen) atoms. The fourth-order valence-electron chi connectivity index (χ4n) is 1.64. The van der Waals surface area contributed by atoms with Gasteiger partial charge in [-0.15, -0.1) is 0 Å². The molecule has 0 aliphatic carbocycles. The minimum absolute atomic E-state index is 0.178. The average molecular weight is 196 g/mol. The van der Waals surface area contributed by atoms with Gasteiger partial charge in [-0.05, 0) is 32.8 Å². The van der Waals surface area contributed by atoms with Crippen LogP contribution in [0, 0.1) is 13.8 Å². The highest BCUT2D eigenvalue weighted by Gasteiger charge is 2.11. The number of carboxylic acid groups (broad SMARTS) is 1. The van der Waals surface area contributed by atoms with Gasteiger partial charge >= 0.3 is 5.97 Å². The summed E-state index contributed by atoms with van der Waals surface area (Å²) in [4.78, 5) is 10.4. The largest absolute Gasteiger partial charge is 0.481 e. The molecule has 78 valence electrons. The number of hydrogen-bond acceptors (Lipinski definition) is 2. The minimum atomic E-state index is -0.756. The lowest BCUT2D eigenvalue weighted by Crippen LogP contribution is -2.01. The summed E-state index contributed by atoms with van der Waals surface area (Å²) in [5.41, 5.74) is 3.12. The highest BCUT2D eigenvalue weighted by atomic mass is 16.4. The van der Waals surface area contributed by atoms with Crippen LogP contribution in [-0.2, 0) is 17.8 Å². The molecule has 0 atom stereocenters. The van der Waals surface area contributed by atoms with Gasteiger partial charge in [-0.3, -0.25) is 9.48 Å². The Bertz CT molecular complexity index is 342. The zero-order valence-electron chi connectivity index (χ0n) is 8.87. The molecular weight excluding hydrogens is 180 g/mol. The van der Waals surface area contributed by atoms with Crippen molar-refractivity contribution in [3.05, 3.63) is 17.0 Å². The van der Waals surface area contributed by atoms with Gasteiger partial charge < -0.3 is 5.11 Å². The lowest BCUT2D eigenvalue weighted by atomic mass is 10.1. The van der Waals surface area contributed by atoms with Crippen LogP contribution < -0.4 is 0 Å². The van der Waals surface area contributed by atoms with Gasteiger partial charge in [0.2, 0.25) is 0 Å². The second-order valence-corrected chi connectivity index (χ2v) is 3.36. The number of aliphatic carboxylic acids is 1. The number of hydrogen-bond donors (Lipinski definition) is 1. The van der Waals surface area contributed by atoms with Gasteiger partial charge in [0.1, 0.15) is 0 Å². The first kappa shape index (κ1) is 10.8. The normalized spacial score (nSPS) is 10.5. The third-order valence-corrected chi connectivity index (χ3v) is 2.42. The molecule has 0 saturated carbocycles. The Morgan fingerprint density at radius 2 is 2.14 bits per heavy atom. The topological polar surface area (TPSA) is 55.1 Å². The monoisotopic (exact) mass is 196 g/mol. The highest BCUT2D eigenvalue weighted by molar-refractivity contribution is 5.67. The van der Waals surface area contributed by atoms with E-state index in [4.69, 9.17) is 5.11 Å². The summed E-state index contributed by atoms with van der Waals surface area (Å²) in [5.74, 6) is -0.756. The molecule has 0 aromatic carbocycles. The Labute approximate surface area is 83.5 Å². The Morgan fingerprint density at radius 3 is 2.57 bits per heavy atom. The highest BCUT2D eigenvalue weighted by Crippen LogP contribution is 2.14. The zero-order chi connectivity index (χ0) is 10.7. The Morgan fingerprint density at radius 1 is 1.50 bits per heavy atom. The predicted octanol–water partition coefficient (Wildman–Crippen LogP) is 1.54. The maximum atomic E-state index is 10.4. The van der Waals surface area contributed by atoms with Crippen LogP contribution in [-0.4, -0.2) is 20.9 Å². The van der Waals surface area contributed by atoms with Gasteiger partial charge in [0.25, 0.3) is 0 Å². The molecule has 1 rings (SSSR count). The van der Waals surface area contributed by atoms with Crippen LogP contribution in [0.15, 0.2) is 0 Å². The first-order chi connectivity index (χ1) is 6.56. The van der Waals surface area contributed by atoms with Gasteiger partial charge in [0, 0.05) is 18.7 Å². The molecule has 0 spiro atoms. The van der Waals surface area contributed by atoms with E-state index in [1.54, 1.807) is 0 Å². The van der Waals surface area contributed by atoms with Crippen molar-refractivity contribution >= 4 is 5.97 Å². The van der Waals surface area contributed by atoms with Gasteiger partial charge in [-0.2, -0.15) is 5.10 Å². The molecule has 0 aliphatic rings. The van der Waals surface area contributed by atoms with E-state index in [0.717, 1.165) is 23.5 Å². The van der Waals surface area contributed by atoms with Crippen molar-refractivity contribution in [2.24, 2.45) is 0 Å². The fraction of sp³-hybridized carbons (Fsp3) is 0.600. The maximum absolute atomic E-state index is 10.4. The lowest BCUT2D eigenvalue weighted by Gasteiger charge is -2.00. The number of rotatable bonds is 4. The van der Waals surface area contributed by atoms with Gasteiger partial charge in [0.05, 0.1) is 5.69 Å². The van der Waals surface area contributed by atoms with Crippen molar-refractivity contribution in [2.45, 2.75) is 40.2 Å². The Hall–Kier alpha value is -1.32. The summed E-state index contributed by atoms with van der Waals surface area (Å²) in [7, 11) is 0. The third-order valence-electron chi connectivity index (χ3n) is 2.42. The molecule has 0 radical (unpaired) electrons. The number of carbonyl (C=O) groups is 1. The van der Waals surface area contributed by atoms with Crippen molar-refractivity contribution in [3.8, 4) is 0 Å². The first-order valence-electron chi connectivity index (χ1n) is 4.81. The van der Waals surface area contributed by atoms with E-state index in [1.807, 2.05) is 25.5 Å². The molecule has 4 heteroatoms. The predicted molar refractivity (Wildman–Crippen MR) is 53.3 cm³/mol. The summed E-state index contributed by atoms with van der Waals surface area (Å²) >= 11 is 0. The molecule has 1 aromatic rings. The SMILES string of the molecule is CCn1nc(C)c(CCC(=O)O)c1C. The molecule has 1 aromatic heterocycles. The molecule has 1 heterocycles. The van der Waals surface area contributed by atoms with E-state index in [-0.39, 0.29) is 6.42 Å². The van der Waals surface area contributed by atoms with Crippen LogP contribution in [0.3, 0.4) is 0 Å². The van der Waals surface area contributed by atoms with E-state index in [2.05, 4.69) is 5.10 Å². The van der Waals surface area contributed by atoms with Crippen LogP contribution in [0.4, 0.5) is 0 Å². The molecule has 0 amide bonds. The number of aryl methyl sites for hydroxylation is 2. The minimum Gasteiger partial charge on any atom is -0.481 e. The van der Waals surface area contributed by atoms with E-state index in [0.29, 0.717) is 6.42 Å². The van der Waals surface area contributed by atoms with Crippen molar-refractivity contribution in [1.82, 2.24) is 9.78 Å². The fourth-order valence-corrected chi connectivity index (χ4v) is 1.64. The quantitative estimate of drug-likeness (QED) is 0.794. The van der Waals surface area contributed by atoms with Crippen LogP contribution in [0.5, 0.6) is 0 Å². The Kier molecular flexibility index (Phi) is 3.28. The first-order valence-corrected chi connectivity index (χ1v) is 4.81. The van der Waals surface area contributed by atoms with Crippen LogP contribution in [0.1, 0.15) is 30.3 Å². The summed E-state index contributed by atoms with van der Waals surface area (Å²) < 4.78 is 1.91. The van der Waals surface area contributed by atoms with Gasteiger partial charge in [-0.1, -0.05) is 0 Å². The Balaban J connectivity index is 2.85. The zero-order valence-corrected chi connectivity index (χ0v) is 8.87. The number of carboxylic acids is 1. The second kappa shape index (κ2) is 4.26. The van der Waals surface area contributed by atoms with Crippen molar-refractivity contribution in [3.63, 3.8) is 0 Å². The molecule has 0 saturated heterocycles. The molecule has 0 fully saturated rings. The number of aromatic nitrogens is 2. The lowest BCUT2D eigenvalue weighted by molar-refractivity contribution is -0.136. The van der Waals surface area contributed by atoms with Crippen molar-refractivity contribution < 1.29 is 9.90 Å². The van der Waals surface area contributed by atoms with E-state index in [9.17, 15) is 4.79 Å². The van der Waals surface area contributed by atoms with Crippen LogP contribution in [0.2, 0.25) is 0 Å². The van der Waals surface area contributed by atoms with E-state index >= 15 is 0 Å². The van der Waals surface area contributed by atoms with Gasteiger partial charge in [-0.25, -0.2) is 0 Å². The van der Waals surface area contributed by atoms with E-state index < -0.39 is 5.97 Å². The maximum Gasteiger partial charge on any atom is 0.303 e. The van der Waals surface area contributed by atoms with Crippen LogP contribution >= 0.6 is 0 Å². The molecule has 4 nitrogen and oxygen atoms in total. The molecule has 1 N–H and O–H groups in total. The molecular formula is C10H16N2O2. The second-order valence-electron chi connectivity index (χ2n) is 3.36. The molecule has 0 bridgehead atoms. The molecule has 0 aliphatic heterocycles. The summed E-state index contributed by atoms with van der Waals surface area (Å²) in [5, 5.41) is 12.9. The average Bonchev–Trinajstić information content (AvgIpc) is 2.39. The summed E-state index contributed by atoms with van der Waals surface area (Å²) in [6.07, 6.45) is 0.754. The standard InChI is InChI=1S/C10H16N2O2/c1-4-12-8(3)9(7(2)11-12)5-6-10(13)14/h4-6H2,1-3H3,(H,13,14). The number of nitrogens with zero attached hydrogens (tertiary/aromatic N) is 2. The van der Waals surface area contributed by atoms with Crippen molar-refractivity contribution in [1.29, 1.82) is 0 Å². The smallest absolute Gasteiger partial charge is 0.303 e. The van der Waals surface area contributed by atoms with Crippen molar-refractivity contribution in [2.75, 3.05) is 0 Å². The van der Waals surface area contributed by atoms with E-state index in [1.165, 1.54) is 0 Å². The van der Waals surface area contributed by atoms with Gasteiger partial charge in [0.15, 0.2) is 0 Å².